The van der Waals surface area contributed by atoms with Crippen LogP contribution >= 0.6 is 0 Å². The number of hydrogen-bond acceptors (Lipinski definition) is 6. The van der Waals surface area contributed by atoms with E-state index in [4.69, 9.17) is 10.5 Å². The monoisotopic (exact) mass is 407 g/mol. The van der Waals surface area contributed by atoms with Crippen LogP contribution in [0.4, 0.5) is 5.82 Å². The third kappa shape index (κ3) is 4.99. The zero-order chi connectivity index (χ0) is 20.9. The van der Waals surface area contributed by atoms with Crippen LogP contribution in [0.25, 0.3) is 5.57 Å². The van der Waals surface area contributed by atoms with Crippen LogP contribution in [0.2, 0.25) is 0 Å². The molecular weight excluding hydrogens is 374 g/mol. The number of unbranched alkanes of at least 4 members (excludes halogenated alkanes) is 1. The SMILES string of the molecule is CCCCOc1nc(N)c2c(n1)C(Cc1ccc(CN3CCN(C)CC3)cc1)=CC2. The van der Waals surface area contributed by atoms with E-state index in [9.17, 15) is 0 Å². The first kappa shape index (κ1) is 20.8. The average molecular weight is 408 g/mol. The summed E-state index contributed by atoms with van der Waals surface area (Å²) in [7, 11) is 2.20. The zero-order valence-electron chi connectivity index (χ0n) is 18.2. The number of allylic oxidation sites excluding steroid dienone is 2. The van der Waals surface area contributed by atoms with E-state index in [1.165, 1.54) is 16.7 Å². The summed E-state index contributed by atoms with van der Waals surface area (Å²) in [6.45, 7) is 8.39. The summed E-state index contributed by atoms with van der Waals surface area (Å²) in [5.74, 6) is 0.542. The van der Waals surface area contributed by atoms with E-state index in [1.807, 2.05) is 0 Å². The van der Waals surface area contributed by atoms with Crippen LogP contribution in [0, 0.1) is 0 Å². The van der Waals surface area contributed by atoms with Gasteiger partial charge < -0.3 is 15.4 Å². The summed E-state index contributed by atoms with van der Waals surface area (Å²) in [6.07, 6.45) is 5.95. The number of ether oxygens (including phenoxy) is 1. The molecule has 0 bridgehead atoms. The predicted molar refractivity (Wildman–Crippen MR) is 121 cm³/mol. The molecule has 2 N–H and O–H groups in total. The fourth-order valence-electron chi connectivity index (χ4n) is 4.04. The van der Waals surface area contributed by atoms with E-state index in [0.717, 1.165) is 69.7 Å². The van der Waals surface area contributed by atoms with Gasteiger partial charge in [-0.15, -0.1) is 0 Å². The van der Waals surface area contributed by atoms with Gasteiger partial charge in [-0.3, -0.25) is 4.90 Å². The minimum atomic E-state index is 0.398. The lowest BCUT2D eigenvalue weighted by molar-refractivity contribution is 0.148. The van der Waals surface area contributed by atoms with E-state index in [2.05, 4.69) is 64.1 Å². The Kier molecular flexibility index (Phi) is 6.65. The van der Waals surface area contributed by atoms with Crippen molar-refractivity contribution in [3.8, 4) is 6.01 Å². The lowest BCUT2D eigenvalue weighted by Crippen LogP contribution is -2.43. The Balaban J connectivity index is 1.39. The highest BCUT2D eigenvalue weighted by atomic mass is 16.5. The molecule has 0 amide bonds. The van der Waals surface area contributed by atoms with Crippen LogP contribution < -0.4 is 10.5 Å². The summed E-state index contributed by atoms with van der Waals surface area (Å²) in [5.41, 5.74) is 12.0. The van der Waals surface area contributed by atoms with Gasteiger partial charge >= 0.3 is 6.01 Å². The maximum absolute atomic E-state index is 6.18. The van der Waals surface area contributed by atoms with Crippen molar-refractivity contribution in [2.24, 2.45) is 0 Å². The van der Waals surface area contributed by atoms with Crippen LogP contribution in [0.15, 0.2) is 30.3 Å². The first-order chi connectivity index (χ1) is 14.6. The maximum atomic E-state index is 6.18. The van der Waals surface area contributed by atoms with Crippen molar-refractivity contribution in [2.45, 2.75) is 39.2 Å². The molecule has 2 heterocycles. The van der Waals surface area contributed by atoms with E-state index < -0.39 is 0 Å². The number of rotatable bonds is 8. The van der Waals surface area contributed by atoms with Crippen molar-refractivity contribution in [3.63, 3.8) is 0 Å². The molecule has 6 nitrogen and oxygen atoms in total. The van der Waals surface area contributed by atoms with Gasteiger partial charge in [0, 0.05) is 38.3 Å². The molecule has 1 aromatic heterocycles. The van der Waals surface area contributed by atoms with E-state index in [-0.39, 0.29) is 0 Å². The van der Waals surface area contributed by atoms with Crippen molar-refractivity contribution < 1.29 is 4.74 Å². The van der Waals surface area contributed by atoms with Crippen LogP contribution in [0.3, 0.4) is 0 Å². The summed E-state index contributed by atoms with van der Waals surface area (Å²) >= 11 is 0. The van der Waals surface area contributed by atoms with Crippen LogP contribution in [0.5, 0.6) is 6.01 Å². The number of nitrogen functional groups attached to an aromatic ring is 1. The van der Waals surface area contributed by atoms with Gasteiger partial charge in [-0.2, -0.15) is 9.97 Å². The van der Waals surface area contributed by atoms with Crippen LogP contribution in [0.1, 0.15) is 42.1 Å². The average Bonchev–Trinajstić information content (AvgIpc) is 3.15. The molecule has 1 aliphatic heterocycles. The van der Waals surface area contributed by atoms with Gasteiger partial charge in [0.2, 0.25) is 0 Å². The van der Waals surface area contributed by atoms with Crippen molar-refractivity contribution in [3.05, 3.63) is 52.7 Å². The molecule has 0 saturated carbocycles. The van der Waals surface area contributed by atoms with Crippen LogP contribution in [-0.4, -0.2) is 59.6 Å². The predicted octanol–water partition coefficient (Wildman–Crippen LogP) is 3.17. The van der Waals surface area contributed by atoms with Crippen LogP contribution in [-0.2, 0) is 19.4 Å². The second-order valence-corrected chi connectivity index (χ2v) is 8.43. The molecule has 0 radical (unpaired) electrons. The summed E-state index contributed by atoms with van der Waals surface area (Å²) in [6, 6.07) is 9.41. The number of aromatic nitrogens is 2. The Morgan fingerprint density at radius 3 is 2.50 bits per heavy atom. The van der Waals surface area contributed by atoms with Crippen molar-refractivity contribution in [1.29, 1.82) is 0 Å². The molecule has 2 aliphatic rings. The normalized spacial score (nSPS) is 17.1. The molecule has 0 atom stereocenters. The third-order valence-corrected chi connectivity index (χ3v) is 6.02. The van der Waals surface area contributed by atoms with Gasteiger partial charge in [-0.05, 0) is 43.0 Å². The number of likely N-dealkylation sites (N-methyl/N-ethyl adjacent to an activating group) is 1. The molecule has 1 aliphatic carbocycles. The highest BCUT2D eigenvalue weighted by Crippen LogP contribution is 2.32. The van der Waals surface area contributed by atoms with E-state index in [0.29, 0.717) is 18.4 Å². The fourth-order valence-corrected chi connectivity index (χ4v) is 4.04. The molecule has 160 valence electrons. The van der Waals surface area contributed by atoms with Gasteiger partial charge in [-0.25, -0.2) is 0 Å². The topological polar surface area (TPSA) is 67.5 Å². The number of hydrogen-bond donors (Lipinski definition) is 1. The van der Waals surface area contributed by atoms with Crippen molar-refractivity contribution in [2.75, 3.05) is 45.6 Å². The number of benzene rings is 1. The Bertz CT molecular complexity index is 885. The Morgan fingerprint density at radius 1 is 1.03 bits per heavy atom. The first-order valence-corrected chi connectivity index (χ1v) is 11.1. The van der Waals surface area contributed by atoms with E-state index >= 15 is 0 Å². The molecule has 0 spiro atoms. The molecule has 1 saturated heterocycles. The Hall–Kier alpha value is -2.44. The molecule has 6 heteroatoms. The quantitative estimate of drug-likeness (QED) is 0.678. The van der Waals surface area contributed by atoms with Gasteiger partial charge in [-0.1, -0.05) is 43.7 Å². The molecule has 1 aromatic carbocycles. The van der Waals surface area contributed by atoms with Gasteiger partial charge in [0.1, 0.15) is 5.82 Å². The molecule has 4 rings (SSSR count). The second kappa shape index (κ2) is 9.58. The number of piperazine rings is 1. The summed E-state index contributed by atoms with van der Waals surface area (Å²) < 4.78 is 5.71. The minimum Gasteiger partial charge on any atom is -0.463 e. The summed E-state index contributed by atoms with van der Waals surface area (Å²) in [5, 5.41) is 0. The van der Waals surface area contributed by atoms with Gasteiger partial charge in [0.25, 0.3) is 0 Å². The highest BCUT2D eigenvalue weighted by Gasteiger charge is 2.21. The molecular formula is C24H33N5O. The highest BCUT2D eigenvalue weighted by molar-refractivity contribution is 5.75. The Morgan fingerprint density at radius 2 is 1.77 bits per heavy atom. The lowest BCUT2D eigenvalue weighted by Gasteiger charge is -2.32. The third-order valence-electron chi connectivity index (χ3n) is 6.02. The minimum absolute atomic E-state index is 0.398. The largest absolute Gasteiger partial charge is 0.463 e. The fraction of sp³-hybridized carbons (Fsp3) is 0.500. The van der Waals surface area contributed by atoms with Gasteiger partial charge in [0.15, 0.2) is 0 Å². The standard InChI is InChI=1S/C24H33N5O/c1-3-4-15-30-24-26-22-20(9-10-21(22)23(25)27-24)16-18-5-7-19(8-6-18)17-29-13-11-28(2)12-14-29/h5-9H,3-4,10-17H2,1-2H3,(H2,25,26,27). The summed E-state index contributed by atoms with van der Waals surface area (Å²) in [4.78, 5) is 13.9. The number of nitrogens with two attached hydrogens (primary N) is 1. The number of nitrogens with zero attached hydrogens (tertiary/aromatic N) is 4. The van der Waals surface area contributed by atoms with Gasteiger partial charge in [0.05, 0.1) is 12.3 Å². The molecule has 2 aromatic rings. The number of anilines is 1. The van der Waals surface area contributed by atoms with Crippen molar-refractivity contribution >= 4 is 11.4 Å². The smallest absolute Gasteiger partial charge is 0.318 e. The second-order valence-electron chi connectivity index (χ2n) is 8.43. The molecule has 0 unspecified atom stereocenters. The lowest BCUT2D eigenvalue weighted by atomic mass is 10.0. The maximum Gasteiger partial charge on any atom is 0.318 e. The zero-order valence-corrected chi connectivity index (χ0v) is 18.2. The van der Waals surface area contributed by atoms with Crippen molar-refractivity contribution in [1.82, 2.24) is 19.8 Å². The molecule has 1 fully saturated rings. The Labute approximate surface area is 179 Å². The molecule has 30 heavy (non-hydrogen) atoms. The van der Waals surface area contributed by atoms with E-state index in [1.54, 1.807) is 0 Å². The number of fused-ring (bicyclic) bond motifs is 1. The first-order valence-electron chi connectivity index (χ1n) is 11.1.